The van der Waals surface area contributed by atoms with Crippen LogP contribution in [-0.4, -0.2) is 43.0 Å². The maximum Gasteiger partial charge on any atom is 0.341 e. The molecular weight excluding hydrogens is 664 g/mol. The van der Waals surface area contributed by atoms with Gasteiger partial charge in [0.15, 0.2) is 5.78 Å². The van der Waals surface area contributed by atoms with Crippen LogP contribution in [0.5, 0.6) is 0 Å². The number of unbranched alkanes of at least 4 members (excludes halogenated alkanes) is 26. The van der Waals surface area contributed by atoms with Gasteiger partial charge >= 0.3 is 17.9 Å². The van der Waals surface area contributed by atoms with Crippen LogP contribution in [-0.2, 0) is 28.7 Å². The molecule has 2 aliphatic rings. The van der Waals surface area contributed by atoms with Gasteiger partial charge < -0.3 is 14.6 Å². The second kappa shape index (κ2) is 28.9. The number of hydrogen-bond donors (Lipinski definition) is 1. The number of hydrogen-bond acceptors (Lipinski definition) is 6. The lowest BCUT2D eigenvalue weighted by molar-refractivity contribution is -0.151. The van der Waals surface area contributed by atoms with Crippen LogP contribution in [0.25, 0.3) is 0 Å². The van der Waals surface area contributed by atoms with Crippen LogP contribution in [0.15, 0.2) is 22.8 Å². The molecule has 2 aliphatic carbocycles. The van der Waals surface area contributed by atoms with Crippen molar-refractivity contribution in [1.82, 2.24) is 0 Å². The number of carbonyl (C=O) groups excluding carboxylic acids is 3. The van der Waals surface area contributed by atoms with Crippen molar-refractivity contribution in [1.29, 1.82) is 0 Å². The van der Waals surface area contributed by atoms with Crippen molar-refractivity contribution in [3.8, 4) is 0 Å². The van der Waals surface area contributed by atoms with E-state index in [1.54, 1.807) is 6.08 Å². The molecule has 0 radical (unpaired) electrons. The molecule has 0 spiro atoms. The van der Waals surface area contributed by atoms with Crippen molar-refractivity contribution in [2.75, 3.05) is 14.2 Å². The number of rotatable bonds is 33. The Balaban J connectivity index is 1.93. The first-order valence-corrected chi connectivity index (χ1v) is 22.2. The van der Waals surface area contributed by atoms with Crippen LogP contribution in [0.2, 0.25) is 0 Å². The number of ether oxygens (including phenoxy) is 2. The number of carbonyl (C=O) groups is 4. The summed E-state index contributed by atoms with van der Waals surface area (Å²) in [4.78, 5) is 53.1. The van der Waals surface area contributed by atoms with Gasteiger partial charge in [0, 0.05) is 11.8 Å². The number of aliphatic carboxylic acids is 1. The van der Waals surface area contributed by atoms with Crippen molar-refractivity contribution in [3.63, 3.8) is 0 Å². The number of Topliss-reactive ketones (excluding diaryl/α,β-unsaturated/α-hetero) is 1. The van der Waals surface area contributed by atoms with Crippen molar-refractivity contribution in [2.45, 2.75) is 206 Å². The summed E-state index contributed by atoms with van der Waals surface area (Å²) in [7, 11) is 2.60. The molecule has 304 valence electrons. The lowest BCUT2D eigenvalue weighted by atomic mass is 9.65. The molecule has 0 heterocycles. The minimum absolute atomic E-state index is 0.0384. The largest absolute Gasteiger partial charge is 0.481 e. The molecular formula is C46H78O7. The van der Waals surface area contributed by atoms with Gasteiger partial charge in [-0.25, -0.2) is 4.79 Å². The molecule has 0 amide bonds. The lowest BCUT2D eigenvalue weighted by Gasteiger charge is -2.37. The summed E-state index contributed by atoms with van der Waals surface area (Å²) in [6.45, 7) is 4.51. The van der Waals surface area contributed by atoms with Crippen LogP contribution in [0.1, 0.15) is 206 Å². The molecule has 0 aromatic heterocycles. The lowest BCUT2D eigenvalue weighted by Crippen LogP contribution is -2.42. The van der Waals surface area contributed by atoms with Crippen LogP contribution in [0.4, 0.5) is 0 Å². The Morgan fingerprint density at radius 1 is 0.547 bits per heavy atom. The predicted octanol–water partition coefficient (Wildman–Crippen LogP) is 12.4. The van der Waals surface area contributed by atoms with Crippen LogP contribution >= 0.6 is 0 Å². The third-order valence-electron chi connectivity index (χ3n) is 11.9. The molecule has 7 nitrogen and oxygen atoms in total. The number of esters is 2. The van der Waals surface area contributed by atoms with Crippen molar-refractivity contribution in [3.05, 3.63) is 22.8 Å². The molecule has 0 bridgehead atoms. The van der Waals surface area contributed by atoms with Gasteiger partial charge in [-0.05, 0) is 31.3 Å². The molecule has 2 rings (SSSR count). The van der Waals surface area contributed by atoms with Gasteiger partial charge in [0.2, 0.25) is 0 Å². The monoisotopic (exact) mass is 743 g/mol. The Labute approximate surface area is 323 Å². The molecule has 0 aromatic rings. The Kier molecular flexibility index (Phi) is 25.5. The minimum atomic E-state index is -1.10. The first-order chi connectivity index (χ1) is 25.8. The van der Waals surface area contributed by atoms with E-state index in [4.69, 9.17) is 9.47 Å². The first kappa shape index (κ1) is 46.7. The molecule has 0 saturated heterocycles. The van der Waals surface area contributed by atoms with E-state index in [9.17, 15) is 24.3 Å². The molecule has 53 heavy (non-hydrogen) atoms. The summed E-state index contributed by atoms with van der Waals surface area (Å²) in [6, 6.07) is 0. The van der Waals surface area contributed by atoms with Gasteiger partial charge in [-0.3, -0.25) is 14.4 Å². The maximum absolute atomic E-state index is 13.9. The van der Waals surface area contributed by atoms with E-state index in [-0.39, 0.29) is 5.57 Å². The van der Waals surface area contributed by atoms with Crippen LogP contribution < -0.4 is 0 Å². The van der Waals surface area contributed by atoms with E-state index < -0.39 is 47.4 Å². The second-order valence-electron chi connectivity index (χ2n) is 16.1. The van der Waals surface area contributed by atoms with E-state index >= 15 is 0 Å². The normalized spacial score (nSPS) is 19.7. The highest BCUT2D eigenvalue weighted by molar-refractivity contribution is 6.22. The summed E-state index contributed by atoms with van der Waals surface area (Å²) < 4.78 is 10.4. The average molecular weight is 743 g/mol. The maximum atomic E-state index is 13.9. The predicted molar refractivity (Wildman–Crippen MR) is 216 cm³/mol. The van der Waals surface area contributed by atoms with Gasteiger partial charge in [0.25, 0.3) is 0 Å². The first-order valence-electron chi connectivity index (χ1n) is 22.2. The zero-order valence-electron chi connectivity index (χ0n) is 34.5. The Hall–Kier alpha value is -2.44. The minimum Gasteiger partial charge on any atom is -0.481 e. The summed E-state index contributed by atoms with van der Waals surface area (Å²) in [5.74, 6) is -6.36. The number of carboxylic acid groups (broad SMARTS) is 1. The number of fused-ring (bicyclic) bond motifs is 1. The van der Waals surface area contributed by atoms with E-state index in [0.29, 0.717) is 18.4 Å². The number of carboxylic acids is 1. The van der Waals surface area contributed by atoms with E-state index in [2.05, 4.69) is 13.8 Å². The van der Waals surface area contributed by atoms with E-state index in [1.807, 2.05) is 0 Å². The van der Waals surface area contributed by atoms with Crippen LogP contribution in [0, 0.1) is 23.7 Å². The SMILES string of the molecule is CCCCCCCCCCCCCCCCC1=C[C@@H](C(=O)O)[C@H]2C(=O)C(C(=O)OC)=C(CCCCCCCCCCCCCCCC)[C@H]2[C@H]1C(=O)OC. The third kappa shape index (κ3) is 16.9. The highest BCUT2D eigenvalue weighted by Crippen LogP contribution is 2.52. The topological polar surface area (TPSA) is 107 Å². The quantitative estimate of drug-likeness (QED) is 0.0309. The van der Waals surface area contributed by atoms with E-state index in [0.717, 1.165) is 50.5 Å². The van der Waals surface area contributed by atoms with Crippen LogP contribution in [0.3, 0.4) is 0 Å². The number of ketones is 1. The van der Waals surface area contributed by atoms with Crippen molar-refractivity contribution in [2.24, 2.45) is 23.7 Å². The number of allylic oxidation sites excluding steroid dienone is 1. The smallest absolute Gasteiger partial charge is 0.341 e. The fourth-order valence-electron chi connectivity index (χ4n) is 8.88. The summed E-state index contributed by atoms with van der Waals surface area (Å²) in [5.41, 5.74) is 1.30. The van der Waals surface area contributed by atoms with Crippen molar-refractivity contribution < 1.29 is 33.8 Å². The molecule has 0 aromatic carbocycles. The fourth-order valence-corrected chi connectivity index (χ4v) is 8.88. The van der Waals surface area contributed by atoms with Gasteiger partial charge in [-0.15, -0.1) is 0 Å². The molecule has 0 saturated carbocycles. The van der Waals surface area contributed by atoms with Gasteiger partial charge in [-0.2, -0.15) is 0 Å². The van der Waals surface area contributed by atoms with Gasteiger partial charge in [0.1, 0.15) is 5.57 Å². The molecule has 0 fully saturated rings. The third-order valence-corrected chi connectivity index (χ3v) is 11.9. The zero-order valence-corrected chi connectivity index (χ0v) is 34.5. The summed E-state index contributed by atoms with van der Waals surface area (Å²) >= 11 is 0. The zero-order chi connectivity index (χ0) is 38.7. The average Bonchev–Trinajstić information content (AvgIpc) is 3.44. The Bertz CT molecular complexity index is 1120. The van der Waals surface area contributed by atoms with Crippen molar-refractivity contribution >= 4 is 23.7 Å². The summed E-state index contributed by atoms with van der Waals surface area (Å²) in [5, 5.41) is 10.3. The highest BCUT2D eigenvalue weighted by atomic mass is 16.5. The molecule has 7 heteroatoms. The molecule has 4 atom stereocenters. The Morgan fingerprint density at radius 3 is 1.28 bits per heavy atom. The molecule has 0 aliphatic heterocycles. The fraction of sp³-hybridized carbons (Fsp3) is 0.826. The molecule has 1 N–H and O–H groups in total. The van der Waals surface area contributed by atoms with E-state index in [1.165, 1.54) is 149 Å². The number of methoxy groups -OCH3 is 2. The van der Waals surface area contributed by atoms with Gasteiger partial charge in [-0.1, -0.05) is 192 Å². The Morgan fingerprint density at radius 2 is 0.925 bits per heavy atom. The standard InChI is InChI=1S/C46H78O7/c1-5-7-9-11-13-15-17-19-21-23-25-27-29-31-33-36-35-38(44(48)49)41-40(39(36)45(50)52-3)37(42(43(41)47)46(51)53-4)34-32-30-28-26-24-22-20-18-16-14-12-10-8-6-2/h35,38-41H,5-34H2,1-4H3,(H,48,49)/t38-,39+,40+,41-/m1/s1. The second-order valence-corrected chi connectivity index (χ2v) is 16.1. The summed E-state index contributed by atoms with van der Waals surface area (Å²) in [6.07, 6.45) is 37.2. The van der Waals surface area contributed by atoms with Gasteiger partial charge in [0.05, 0.1) is 26.1 Å². The highest BCUT2D eigenvalue weighted by Gasteiger charge is 2.56. The molecule has 0 unspecified atom stereocenters.